The maximum absolute atomic E-state index is 2.61. The molecule has 0 aromatic heterocycles. The standard InChI is InChI=1S/C40H72/c1-6-11-16-21-24-26-30-35-39(34-29-25-22-17-12-7-2)40(36-31-20-15-10-5,37-32-27-19-14-9-4)38-33-28-23-18-13-8-3/h26,29-30,32-35,37-38H,6-25,27-28,31,36H2,1-5H3. The number of hydrogen-bond acceptors (Lipinski definition) is 0. The van der Waals surface area contributed by atoms with Gasteiger partial charge in [0.15, 0.2) is 0 Å². The molecule has 40 heavy (non-hydrogen) atoms. The lowest BCUT2D eigenvalue weighted by Crippen LogP contribution is -2.18. The Balaban J connectivity index is 6.14. The van der Waals surface area contributed by atoms with Crippen LogP contribution in [-0.2, 0) is 0 Å². The van der Waals surface area contributed by atoms with Crippen LogP contribution in [0.25, 0.3) is 0 Å². The van der Waals surface area contributed by atoms with E-state index in [1.54, 1.807) is 0 Å². The molecule has 0 aliphatic rings. The van der Waals surface area contributed by atoms with Gasteiger partial charge in [-0.05, 0) is 63.4 Å². The molecule has 0 fully saturated rings. The summed E-state index contributed by atoms with van der Waals surface area (Å²) in [4.78, 5) is 0. The van der Waals surface area contributed by atoms with Crippen molar-refractivity contribution in [3.63, 3.8) is 0 Å². The van der Waals surface area contributed by atoms with E-state index >= 15 is 0 Å². The molecule has 0 aliphatic heterocycles. The molecular weight excluding hydrogens is 480 g/mol. The molecule has 0 nitrogen and oxygen atoms in total. The number of rotatable bonds is 29. The Labute approximate surface area is 254 Å². The van der Waals surface area contributed by atoms with Crippen molar-refractivity contribution in [2.45, 2.75) is 189 Å². The highest BCUT2D eigenvalue weighted by atomic mass is 14.3. The summed E-state index contributed by atoms with van der Waals surface area (Å²) in [7, 11) is 0. The van der Waals surface area contributed by atoms with Crippen molar-refractivity contribution >= 4 is 0 Å². The van der Waals surface area contributed by atoms with Gasteiger partial charge in [0, 0.05) is 5.41 Å². The first-order valence-corrected chi connectivity index (χ1v) is 18.1. The van der Waals surface area contributed by atoms with E-state index in [9.17, 15) is 0 Å². The predicted octanol–water partition coefficient (Wildman–Crippen LogP) is 14.6. The van der Waals surface area contributed by atoms with Crippen molar-refractivity contribution in [3.05, 3.63) is 60.3 Å². The third kappa shape index (κ3) is 22.4. The summed E-state index contributed by atoms with van der Waals surface area (Å²) in [5, 5.41) is 0. The maximum Gasteiger partial charge on any atom is 0.0311 e. The van der Waals surface area contributed by atoms with Gasteiger partial charge in [-0.25, -0.2) is 0 Å². The van der Waals surface area contributed by atoms with E-state index in [1.807, 2.05) is 0 Å². The Morgan fingerprint density at radius 1 is 0.425 bits per heavy atom. The molecule has 232 valence electrons. The molecule has 0 heterocycles. The van der Waals surface area contributed by atoms with Gasteiger partial charge in [-0.15, -0.1) is 0 Å². The van der Waals surface area contributed by atoms with Gasteiger partial charge in [-0.1, -0.05) is 186 Å². The maximum atomic E-state index is 2.61. The van der Waals surface area contributed by atoms with Crippen LogP contribution in [0.3, 0.4) is 0 Å². The Kier molecular flexibility index (Phi) is 29.7. The van der Waals surface area contributed by atoms with Gasteiger partial charge in [0.1, 0.15) is 0 Å². The number of allylic oxidation sites excluding steroid dienone is 10. The van der Waals surface area contributed by atoms with Crippen molar-refractivity contribution in [1.29, 1.82) is 0 Å². The Morgan fingerprint density at radius 2 is 0.825 bits per heavy atom. The average molecular weight is 553 g/mol. The predicted molar refractivity (Wildman–Crippen MR) is 186 cm³/mol. The second-order valence-corrected chi connectivity index (χ2v) is 12.2. The van der Waals surface area contributed by atoms with Crippen LogP contribution in [0.4, 0.5) is 0 Å². The van der Waals surface area contributed by atoms with E-state index in [0.29, 0.717) is 0 Å². The fourth-order valence-electron chi connectivity index (χ4n) is 5.41. The lowest BCUT2D eigenvalue weighted by atomic mass is 9.74. The molecule has 0 saturated carbocycles. The summed E-state index contributed by atoms with van der Waals surface area (Å²) in [5.41, 5.74) is 1.51. The fourth-order valence-corrected chi connectivity index (χ4v) is 5.41. The summed E-state index contributed by atoms with van der Waals surface area (Å²) in [6.07, 6.45) is 53.9. The summed E-state index contributed by atoms with van der Waals surface area (Å²) in [6.45, 7) is 11.6. The molecule has 0 aliphatic carbocycles. The van der Waals surface area contributed by atoms with Crippen LogP contribution in [0, 0.1) is 5.41 Å². The monoisotopic (exact) mass is 553 g/mol. The Morgan fingerprint density at radius 3 is 1.32 bits per heavy atom. The average Bonchev–Trinajstić information content (AvgIpc) is 2.96. The molecule has 0 heteroatoms. The third-order valence-electron chi connectivity index (χ3n) is 8.17. The molecule has 0 spiro atoms. The van der Waals surface area contributed by atoms with Crippen LogP contribution < -0.4 is 0 Å². The van der Waals surface area contributed by atoms with Gasteiger partial charge >= 0.3 is 0 Å². The van der Waals surface area contributed by atoms with Gasteiger partial charge in [-0.3, -0.25) is 0 Å². The zero-order valence-corrected chi connectivity index (χ0v) is 28.2. The Hall–Kier alpha value is -1.30. The van der Waals surface area contributed by atoms with E-state index in [0.717, 1.165) is 0 Å². The summed E-state index contributed by atoms with van der Waals surface area (Å²) in [6, 6.07) is 0. The molecule has 0 bridgehead atoms. The molecule has 0 radical (unpaired) electrons. The SMILES string of the molecule is CCCCCC=CC(C=CCCCCCC)(CCCCCC)C(C=CCCCCCC)=CC=CCCCCCC. The van der Waals surface area contributed by atoms with Crippen molar-refractivity contribution < 1.29 is 0 Å². The van der Waals surface area contributed by atoms with Crippen LogP contribution in [0.1, 0.15) is 189 Å². The fraction of sp³-hybridized carbons (Fsp3) is 0.750. The van der Waals surface area contributed by atoms with Crippen molar-refractivity contribution in [2.24, 2.45) is 5.41 Å². The van der Waals surface area contributed by atoms with Gasteiger partial charge in [0.2, 0.25) is 0 Å². The molecule has 0 saturated heterocycles. The minimum atomic E-state index is 0.0111. The van der Waals surface area contributed by atoms with Crippen molar-refractivity contribution in [2.75, 3.05) is 0 Å². The lowest BCUT2D eigenvalue weighted by molar-refractivity contribution is 0.488. The number of unbranched alkanes of at least 4 members (excludes halogenated alkanes) is 18. The van der Waals surface area contributed by atoms with Crippen LogP contribution in [0.15, 0.2) is 60.3 Å². The zero-order chi connectivity index (χ0) is 29.4. The first-order valence-electron chi connectivity index (χ1n) is 18.1. The molecule has 0 amide bonds. The zero-order valence-electron chi connectivity index (χ0n) is 28.2. The van der Waals surface area contributed by atoms with Crippen LogP contribution in [0.5, 0.6) is 0 Å². The normalized spacial score (nSPS) is 14.5. The quantitative estimate of drug-likeness (QED) is 0.0491. The first kappa shape index (κ1) is 38.7. The molecule has 0 aromatic rings. The Bertz CT molecular complexity index is 658. The topological polar surface area (TPSA) is 0 Å². The summed E-state index contributed by atoms with van der Waals surface area (Å²) < 4.78 is 0. The minimum absolute atomic E-state index is 0.0111. The van der Waals surface area contributed by atoms with Crippen LogP contribution >= 0.6 is 0 Å². The second kappa shape index (κ2) is 30.7. The van der Waals surface area contributed by atoms with E-state index in [1.165, 1.54) is 160 Å². The molecule has 0 aromatic carbocycles. The van der Waals surface area contributed by atoms with Crippen LogP contribution in [0.2, 0.25) is 0 Å². The van der Waals surface area contributed by atoms with Crippen molar-refractivity contribution in [3.8, 4) is 0 Å². The highest BCUT2D eigenvalue weighted by Gasteiger charge is 2.26. The minimum Gasteiger partial charge on any atom is -0.0873 e. The molecule has 1 unspecified atom stereocenters. The van der Waals surface area contributed by atoms with E-state index in [-0.39, 0.29) is 5.41 Å². The van der Waals surface area contributed by atoms with Gasteiger partial charge in [0.25, 0.3) is 0 Å². The molecule has 1 atom stereocenters. The molecular formula is C40H72. The molecule has 0 rings (SSSR count). The lowest BCUT2D eigenvalue weighted by Gasteiger charge is -2.30. The van der Waals surface area contributed by atoms with Gasteiger partial charge in [0.05, 0.1) is 0 Å². The van der Waals surface area contributed by atoms with E-state index in [4.69, 9.17) is 0 Å². The summed E-state index contributed by atoms with van der Waals surface area (Å²) >= 11 is 0. The van der Waals surface area contributed by atoms with E-state index < -0.39 is 0 Å². The number of hydrogen-bond donors (Lipinski definition) is 0. The van der Waals surface area contributed by atoms with Crippen LogP contribution in [-0.4, -0.2) is 0 Å². The highest BCUT2D eigenvalue weighted by molar-refractivity contribution is 5.39. The first-order chi connectivity index (χ1) is 19.7. The molecule has 0 N–H and O–H groups in total. The van der Waals surface area contributed by atoms with Gasteiger partial charge < -0.3 is 0 Å². The van der Waals surface area contributed by atoms with Gasteiger partial charge in [-0.2, -0.15) is 0 Å². The smallest absolute Gasteiger partial charge is 0.0311 e. The highest BCUT2D eigenvalue weighted by Crippen LogP contribution is 2.39. The largest absolute Gasteiger partial charge is 0.0873 e. The van der Waals surface area contributed by atoms with Crippen molar-refractivity contribution in [1.82, 2.24) is 0 Å². The second-order valence-electron chi connectivity index (χ2n) is 12.2. The summed E-state index contributed by atoms with van der Waals surface area (Å²) in [5.74, 6) is 0. The third-order valence-corrected chi connectivity index (χ3v) is 8.17. The van der Waals surface area contributed by atoms with E-state index in [2.05, 4.69) is 89.3 Å².